The van der Waals surface area contributed by atoms with Crippen molar-refractivity contribution in [1.29, 1.82) is 0 Å². The van der Waals surface area contributed by atoms with E-state index < -0.39 is 15.9 Å². The summed E-state index contributed by atoms with van der Waals surface area (Å²) in [7, 11) is -0.917. The molecule has 1 N–H and O–H groups in total. The van der Waals surface area contributed by atoms with Crippen LogP contribution in [0.1, 0.15) is 11.1 Å². The van der Waals surface area contributed by atoms with Crippen molar-refractivity contribution in [1.82, 2.24) is 5.32 Å². The maximum Gasteiger partial charge on any atom is 0.264 e. The molecule has 0 bridgehead atoms. The third-order valence-corrected chi connectivity index (χ3v) is 6.72. The van der Waals surface area contributed by atoms with Crippen LogP contribution in [0.25, 0.3) is 0 Å². The van der Waals surface area contributed by atoms with Crippen molar-refractivity contribution in [2.45, 2.75) is 18.4 Å². The van der Waals surface area contributed by atoms with Gasteiger partial charge in [0.2, 0.25) is 5.91 Å². The summed E-state index contributed by atoms with van der Waals surface area (Å²) in [6, 6.07) is 20.5. The van der Waals surface area contributed by atoms with E-state index in [1.54, 1.807) is 56.5 Å². The van der Waals surface area contributed by atoms with Crippen LogP contribution >= 0.6 is 0 Å². The zero-order valence-electron chi connectivity index (χ0n) is 18.2. The molecule has 3 aromatic rings. The molecule has 168 valence electrons. The molecule has 0 saturated heterocycles. The molecule has 0 atom stereocenters. The van der Waals surface area contributed by atoms with Crippen LogP contribution in [0.4, 0.5) is 5.69 Å². The van der Waals surface area contributed by atoms with Gasteiger partial charge in [-0.1, -0.05) is 36.4 Å². The molecule has 0 aliphatic carbocycles. The third kappa shape index (κ3) is 5.20. The van der Waals surface area contributed by atoms with Gasteiger partial charge in [0, 0.05) is 12.1 Å². The normalized spacial score (nSPS) is 11.0. The SMILES string of the molecule is COc1ccc(S(=O)(=O)N(CC(=O)NCc2ccccc2OC)c2ccccc2)cc1C. The number of amides is 1. The predicted octanol–water partition coefficient (Wildman–Crippen LogP) is 3.52. The summed E-state index contributed by atoms with van der Waals surface area (Å²) >= 11 is 0. The van der Waals surface area contributed by atoms with Crippen LogP contribution in [-0.4, -0.2) is 35.1 Å². The maximum absolute atomic E-state index is 13.5. The van der Waals surface area contributed by atoms with E-state index in [1.807, 2.05) is 18.2 Å². The highest BCUT2D eigenvalue weighted by Gasteiger charge is 2.27. The Balaban J connectivity index is 1.86. The number of carbonyl (C=O) groups excluding carboxylic acids is 1. The van der Waals surface area contributed by atoms with E-state index in [-0.39, 0.29) is 18.0 Å². The lowest BCUT2D eigenvalue weighted by Crippen LogP contribution is -2.40. The Morgan fingerprint density at radius 2 is 1.56 bits per heavy atom. The predicted molar refractivity (Wildman–Crippen MR) is 124 cm³/mol. The average molecular weight is 455 g/mol. The van der Waals surface area contributed by atoms with E-state index in [2.05, 4.69) is 5.32 Å². The van der Waals surface area contributed by atoms with Crippen LogP contribution in [-0.2, 0) is 21.4 Å². The monoisotopic (exact) mass is 454 g/mol. The topological polar surface area (TPSA) is 84.9 Å². The third-order valence-electron chi connectivity index (χ3n) is 4.95. The van der Waals surface area contributed by atoms with Crippen LogP contribution in [0, 0.1) is 6.92 Å². The maximum atomic E-state index is 13.5. The first-order valence-electron chi connectivity index (χ1n) is 9.98. The number of hydrogen-bond donors (Lipinski definition) is 1. The number of nitrogens with zero attached hydrogens (tertiary/aromatic N) is 1. The molecule has 0 aliphatic rings. The average Bonchev–Trinajstić information content (AvgIpc) is 2.81. The van der Waals surface area contributed by atoms with Crippen LogP contribution in [0.3, 0.4) is 0 Å². The van der Waals surface area contributed by atoms with E-state index >= 15 is 0 Å². The molecule has 7 nitrogen and oxygen atoms in total. The smallest absolute Gasteiger partial charge is 0.264 e. The molecule has 3 rings (SSSR count). The number of carbonyl (C=O) groups is 1. The van der Waals surface area contributed by atoms with Crippen molar-refractivity contribution in [3.05, 3.63) is 83.9 Å². The van der Waals surface area contributed by atoms with Crippen molar-refractivity contribution in [3.8, 4) is 11.5 Å². The molecule has 8 heteroatoms. The van der Waals surface area contributed by atoms with Crippen molar-refractivity contribution in [2.24, 2.45) is 0 Å². The molecule has 0 aromatic heterocycles. The number of anilines is 1. The van der Waals surface area contributed by atoms with Gasteiger partial charge in [-0.3, -0.25) is 9.10 Å². The van der Waals surface area contributed by atoms with Crippen molar-refractivity contribution in [3.63, 3.8) is 0 Å². The molecule has 0 unspecified atom stereocenters. The van der Waals surface area contributed by atoms with Gasteiger partial charge in [-0.2, -0.15) is 0 Å². The summed E-state index contributed by atoms with van der Waals surface area (Å²) in [6.07, 6.45) is 0. The number of hydrogen-bond acceptors (Lipinski definition) is 5. The van der Waals surface area contributed by atoms with Crippen molar-refractivity contribution in [2.75, 3.05) is 25.1 Å². The zero-order chi connectivity index (χ0) is 23.1. The van der Waals surface area contributed by atoms with E-state index in [0.717, 1.165) is 9.87 Å². The first-order chi connectivity index (χ1) is 15.4. The molecule has 0 fully saturated rings. The Morgan fingerprint density at radius 1 is 0.906 bits per heavy atom. The second-order valence-electron chi connectivity index (χ2n) is 7.07. The fourth-order valence-corrected chi connectivity index (χ4v) is 4.78. The second-order valence-corrected chi connectivity index (χ2v) is 8.93. The van der Waals surface area contributed by atoms with Crippen LogP contribution < -0.4 is 19.1 Å². The highest BCUT2D eigenvalue weighted by atomic mass is 32.2. The Kier molecular flexibility index (Phi) is 7.37. The van der Waals surface area contributed by atoms with Crippen LogP contribution in [0.15, 0.2) is 77.7 Å². The minimum atomic E-state index is -4.00. The van der Waals surface area contributed by atoms with E-state index in [1.165, 1.54) is 19.2 Å². The molecule has 0 heterocycles. The lowest BCUT2D eigenvalue weighted by Gasteiger charge is -2.24. The van der Waals surface area contributed by atoms with Gasteiger partial charge in [-0.25, -0.2) is 8.42 Å². The zero-order valence-corrected chi connectivity index (χ0v) is 19.1. The summed E-state index contributed by atoms with van der Waals surface area (Å²) in [4.78, 5) is 12.8. The Morgan fingerprint density at radius 3 is 2.22 bits per heavy atom. The largest absolute Gasteiger partial charge is 0.496 e. The lowest BCUT2D eigenvalue weighted by molar-refractivity contribution is -0.119. The van der Waals surface area contributed by atoms with Gasteiger partial charge in [-0.05, 0) is 48.9 Å². The molecule has 0 saturated carbocycles. The molecule has 32 heavy (non-hydrogen) atoms. The number of para-hydroxylation sites is 2. The minimum Gasteiger partial charge on any atom is -0.496 e. The van der Waals surface area contributed by atoms with Crippen molar-refractivity contribution >= 4 is 21.6 Å². The van der Waals surface area contributed by atoms with Crippen molar-refractivity contribution < 1.29 is 22.7 Å². The number of nitrogens with one attached hydrogen (secondary N) is 1. The second kappa shape index (κ2) is 10.2. The summed E-state index contributed by atoms with van der Waals surface area (Å²) in [5, 5.41) is 2.78. The fourth-order valence-electron chi connectivity index (χ4n) is 3.28. The number of aryl methyl sites for hydroxylation is 1. The number of rotatable bonds is 9. The van der Waals surface area contributed by atoms with Gasteiger partial charge >= 0.3 is 0 Å². The summed E-state index contributed by atoms with van der Waals surface area (Å²) in [5.74, 6) is 0.798. The molecule has 3 aromatic carbocycles. The highest BCUT2D eigenvalue weighted by molar-refractivity contribution is 7.92. The van der Waals surface area contributed by atoms with Gasteiger partial charge in [-0.15, -0.1) is 0 Å². The molecule has 0 aliphatic heterocycles. The lowest BCUT2D eigenvalue weighted by atomic mass is 10.2. The standard InChI is InChI=1S/C24H26N2O5S/c1-18-15-21(13-14-22(18)30-2)32(28,29)26(20-10-5-4-6-11-20)17-24(27)25-16-19-9-7-8-12-23(19)31-3/h4-15H,16-17H2,1-3H3,(H,25,27). The number of benzene rings is 3. The summed E-state index contributed by atoms with van der Waals surface area (Å²) in [5.41, 5.74) is 1.87. The van der Waals surface area contributed by atoms with Gasteiger partial charge in [0.1, 0.15) is 18.0 Å². The number of ether oxygens (including phenoxy) is 2. The summed E-state index contributed by atoms with van der Waals surface area (Å²) < 4.78 is 38.6. The van der Waals surface area contributed by atoms with E-state index in [4.69, 9.17) is 9.47 Å². The van der Waals surface area contributed by atoms with Gasteiger partial charge in [0.15, 0.2) is 0 Å². The minimum absolute atomic E-state index is 0.0807. The summed E-state index contributed by atoms with van der Waals surface area (Å²) in [6.45, 7) is 1.62. The molecule has 0 spiro atoms. The Hall–Kier alpha value is -3.52. The number of sulfonamides is 1. The molecular formula is C24H26N2O5S. The molecular weight excluding hydrogens is 428 g/mol. The first-order valence-corrected chi connectivity index (χ1v) is 11.4. The fraction of sp³-hybridized carbons (Fsp3) is 0.208. The molecule has 1 amide bonds. The first kappa shape index (κ1) is 23.1. The van der Waals surface area contributed by atoms with E-state index in [0.29, 0.717) is 22.7 Å². The Labute approximate surface area is 188 Å². The van der Waals surface area contributed by atoms with Crippen LogP contribution in [0.5, 0.6) is 11.5 Å². The Bertz CT molecular complexity index is 1180. The highest BCUT2D eigenvalue weighted by Crippen LogP contribution is 2.27. The van der Waals surface area contributed by atoms with E-state index in [9.17, 15) is 13.2 Å². The quantitative estimate of drug-likeness (QED) is 0.535. The van der Waals surface area contributed by atoms with Gasteiger partial charge < -0.3 is 14.8 Å². The number of methoxy groups -OCH3 is 2. The van der Waals surface area contributed by atoms with Gasteiger partial charge in [0.25, 0.3) is 10.0 Å². The van der Waals surface area contributed by atoms with Crippen LogP contribution in [0.2, 0.25) is 0 Å². The van der Waals surface area contributed by atoms with Gasteiger partial charge in [0.05, 0.1) is 24.8 Å². The molecule has 0 radical (unpaired) electrons.